The molecule has 2 aliphatic carbocycles. The Kier molecular flexibility index (Phi) is 5.48. The minimum atomic E-state index is -0.626. The van der Waals surface area contributed by atoms with Crippen LogP contribution in [0.4, 0.5) is 4.79 Å². The molecule has 0 radical (unpaired) electrons. The van der Waals surface area contributed by atoms with Gasteiger partial charge >= 0.3 is 6.09 Å². The molecule has 0 saturated heterocycles. The van der Waals surface area contributed by atoms with E-state index in [1.807, 2.05) is 0 Å². The van der Waals surface area contributed by atoms with Gasteiger partial charge in [-0.2, -0.15) is 4.99 Å². The zero-order valence-corrected chi connectivity index (χ0v) is 13.9. The first-order chi connectivity index (χ1) is 10.3. The molecule has 0 heterocycles. The largest absolute Gasteiger partial charge is 0.479 e. The third-order valence-electron chi connectivity index (χ3n) is 3.99. The van der Waals surface area contributed by atoms with E-state index in [-0.39, 0.29) is 5.88 Å². The number of nitrogens with two attached hydrogens (primary N) is 1. The first-order valence-electron chi connectivity index (χ1n) is 8.21. The van der Waals surface area contributed by atoms with Crippen molar-refractivity contribution in [3.05, 3.63) is 12.0 Å². The van der Waals surface area contributed by atoms with E-state index in [0.29, 0.717) is 6.61 Å². The van der Waals surface area contributed by atoms with Gasteiger partial charge in [-0.3, -0.25) is 0 Å². The molecule has 0 aromatic rings. The van der Waals surface area contributed by atoms with E-state index < -0.39 is 11.7 Å². The lowest BCUT2D eigenvalue weighted by Gasteiger charge is -2.17. The normalized spacial score (nSPS) is 19.7. The highest BCUT2D eigenvalue weighted by Gasteiger charge is 2.40. The molecule has 0 unspecified atom stereocenters. The van der Waals surface area contributed by atoms with Gasteiger partial charge in [0.2, 0.25) is 0 Å². The van der Waals surface area contributed by atoms with Gasteiger partial charge in [-0.25, -0.2) is 4.79 Å². The molecule has 0 aliphatic heterocycles. The Morgan fingerprint density at radius 1 is 1.27 bits per heavy atom. The summed E-state index contributed by atoms with van der Waals surface area (Å²) < 4.78 is 10.6. The minimum absolute atomic E-state index is 0.289. The number of allylic oxidation sites excluding steroid dienone is 1. The molecule has 2 saturated carbocycles. The number of carbonyl (C=O) groups is 1. The average Bonchev–Trinajstić information content (AvgIpc) is 3.24. The van der Waals surface area contributed by atoms with Crippen LogP contribution in [0, 0.1) is 17.8 Å². The standard InChI is InChI=1S/C17H28N2O3/c1-17(2,3)22-16(20)19-10-8-15(18)21-11-9-14(12-4-5-12)13-6-7-13/h8,10,12-14H,4-7,9,11,18H2,1-3H3. The lowest BCUT2D eigenvalue weighted by Crippen LogP contribution is -2.21. The molecule has 2 fully saturated rings. The van der Waals surface area contributed by atoms with Crippen LogP contribution in [-0.2, 0) is 9.47 Å². The summed E-state index contributed by atoms with van der Waals surface area (Å²) in [6.07, 6.45) is 8.80. The minimum Gasteiger partial charge on any atom is -0.479 e. The molecule has 2 aliphatic rings. The topological polar surface area (TPSA) is 73.9 Å². The molecule has 5 nitrogen and oxygen atoms in total. The van der Waals surface area contributed by atoms with Crippen molar-refractivity contribution in [2.45, 2.75) is 58.5 Å². The summed E-state index contributed by atoms with van der Waals surface area (Å²) in [5.41, 5.74) is 5.21. The number of amides is 1. The number of hydrogen-bond acceptors (Lipinski definition) is 4. The summed E-state index contributed by atoms with van der Waals surface area (Å²) in [5.74, 6) is 2.96. The number of nitrogens with zero attached hydrogens (tertiary/aromatic N) is 1. The predicted molar refractivity (Wildman–Crippen MR) is 86.5 cm³/mol. The Morgan fingerprint density at radius 2 is 1.86 bits per heavy atom. The van der Waals surface area contributed by atoms with Crippen molar-refractivity contribution in [3.8, 4) is 0 Å². The van der Waals surface area contributed by atoms with Crippen molar-refractivity contribution in [1.82, 2.24) is 0 Å². The maximum atomic E-state index is 11.4. The Balaban J connectivity index is 1.65. The van der Waals surface area contributed by atoms with Gasteiger partial charge in [-0.05, 0) is 70.6 Å². The van der Waals surface area contributed by atoms with Gasteiger partial charge in [0, 0.05) is 12.3 Å². The van der Waals surface area contributed by atoms with Crippen molar-refractivity contribution in [3.63, 3.8) is 0 Å². The second-order valence-electron chi connectivity index (χ2n) is 7.30. The molecule has 124 valence electrons. The van der Waals surface area contributed by atoms with Crippen LogP contribution < -0.4 is 5.73 Å². The third-order valence-corrected chi connectivity index (χ3v) is 3.99. The Morgan fingerprint density at radius 3 is 2.36 bits per heavy atom. The summed E-state index contributed by atoms with van der Waals surface area (Å²) >= 11 is 0. The molecule has 0 atom stereocenters. The molecular weight excluding hydrogens is 280 g/mol. The van der Waals surface area contributed by atoms with Crippen LogP contribution in [0.3, 0.4) is 0 Å². The second kappa shape index (κ2) is 7.16. The molecule has 0 bridgehead atoms. The number of aliphatic imine (C=N–C) groups is 1. The third kappa shape index (κ3) is 6.50. The predicted octanol–water partition coefficient (Wildman–Crippen LogP) is 3.64. The molecular formula is C17H28N2O3. The van der Waals surface area contributed by atoms with E-state index in [1.54, 1.807) is 20.8 Å². The summed E-state index contributed by atoms with van der Waals surface area (Å²) in [6.45, 7) is 6.03. The fourth-order valence-corrected chi connectivity index (χ4v) is 2.73. The molecule has 0 spiro atoms. The SMILES string of the molecule is CC(C)(C)OC(=O)N=CC=C(N)OCCC(C1CC1)C1CC1. The Hall–Kier alpha value is -1.52. The van der Waals surface area contributed by atoms with Crippen molar-refractivity contribution in [1.29, 1.82) is 0 Å². The number of carbonyl (C=O) groups excluding carboxylic acids is 1. The first-order valence-corrected chi connectivity index (χ1v) is 8.21. The van der Waals surface area contributed by atoms with Gasteiger partial charge in [0.1, 0.15) is 5.60 Å². The van der Waals surface area contributed by atoms with E-state index in [9.17, 15) is 4.79 Å². The van der Waals surface area contributed by atoms with Gasteiger partial charge in [-0.15, -0.1) is 0 Å². The molecule has 1 amide bonds. The number of hydrogen-bond donors (Lipinski definition) is 1. The quantitative estimate of drug-likeness (QED) is 0.575. The fraction of sp³-hybridized carbons (Fsp3) is 0.765. The zero-order chi connectivity index (χ0) is 16.2. The van der Waals surface area contributed by atoms with Crippen molar-refractivity contribution >= 4 is 12.3 Å². The van der Waals surface area contributed by atoms with Gasteiger partial charge in [0.05, 0.1) is 6.61 Å². The maximum absolute atomic E-state index is 11.4. The molecule has 2 N–H and O–H groups in total. The molecule has 22 heavy (non-hydrogen) atoms. The van der Waals surface area contributed by atoms with Crippen LogP contribution in [0.15, 0.2) is 17.0 Å². The maximum Gasteiger partial charge on any atom is 0.434 e. The van der Waals surface area contributed by atoms with Gasteiger partial charge in [0.25, 0.3) is 0 Å². The van der Waals surface area contributed by atoms with Crippen molar-refractivity contribution < 1.29 is 14.3 Å². The van der Waals surface area contributed by atoms with E-state index in [4.69, 9.17) is 15.2 Å². The van der Waals surface area contributed by atoms with E-state index in [1.165, 1.54) is 38.0 Å². The Bertz CT molecular complexity index is 431. The first kappa shape index (κ1) is 16.8. The summed E-state index contributed by atoms with van der Waals surface area (Å²) in [6, 6.07) is 0. The van der Waals surface area contributed by atoms with Crippen LogP contribution in [0.2, 0.25) is 0 Å². The van der Waals surface area contributed by atoms with Crippen LogP contribution >= 0.6 is 0 Å². The lowest BCUT2D eigenvalue weighted by molar-refractivity contribution is 0.0605. The monoisotopic (exact) mass is 308 g/mol. The lowest BCUT2D eigenvalue weighted by atomic mass is 9.95. The number of rotatable bonds is 7. The fourth-order valence-electron chi connectivity index (χ4n) is 2.73. The van der Waals surface area contributed by atoms with Gasteiger partial charge in [-0.1, -0.05) is 0 Å². The van der Waals surface area contributed by atoms with Gasteiger partial charge < -0.3 is 15.2 Å². The van der Waals surface area contributed by atoms with Crippen LogP contribution in [0.25, 0.3) is 0 Å². The summed E-state index contributed by atoms with van der Waals surface area (Å²) in [7, 11) is 0. The number of ether oxygens (including phenoxy) is 2. The van der Waals surface area contributed by atoms with Gasteiger partial charge in [0.15, 0.2) is 5.88 Å². The average molecular weight is 308 g/mol. The molecule has 5 heteroatoms. The van der Waals surface area contributed by atoms with E-state index in [2.05, 4.69) is 4.99 Å². The molecule has 0 aromatic heterocycles. The van der Waals surface area contributed by atoms with E-state index >= 15 is 0 Å². The van der Waals surface area contributed by atoms with Crippen molar-refractivity contribution in [2.24, 2.45) is 28.5 Å². The zero-order valence-electron chi connectivity index (χ0n) is 13.9. The van der Waals surface area contributed by atoms with Crippen LogP contribution in [-0.4, -0.2) is 24.5 Å². The highest BCUT2D eigenvalue weighted by Crippen LogP contribution is 2.50. The Labute approximate surface area is 133 Å². The molecule has 0 aromatic carbocycles. The summed E-state index contributed by atoms with van der Waals surface area (Å²) in [4.78, 5) is 15.0. The van der Waals surface area contributed by atoms with E-state index in [0.717, 1.165) is 24.2 Å². The smallest absolute Gasteiger partial charge is 0.434 e. The highest BCUT2D eigenvalue weighted by atomic mass is 16.6. The second-order valence-corrected chi connectivity index (χ2v) is 7.30. The van der Waals surface area contributed by atoms with Crippen LogP contribution in [0.5, 0.6) is 0 Å². The highest BCUT2D eigenvalue weighted by molar-refractivity contribution is 5.84. The van der Waals surface area contributed by atoms with Crippen LogP contribution in [0.1, 0.15) is 52.9 Å². The van der Waals surface area contributed by atoms with Crippen molar-refractivity contribution in [2.75, 3.05) is 6.61 Å². The summed E-state index contributed by atoms with van der Waals surface area (Å²) in [5, 5.41) is 0. The molecule has 2 rings (SSSR count).